The van der Waals surface area contributed by atoms with E-state index in [0.29, 0.717) is 10.2 Å². The Morgan fingerprint density at radius 1 is 1.26 bits per heavy atom. The molecular formula is C11H17BrF3NO3. The van der Waals surface area contributed by atoms with Crippen LogP contribution in [-0.4, -0.2) is 46.0 Å². The molecule has 0 aliphatic rings. The highest BCUT2D eigenvalue weighted by Crippen LogP contribution is 2.29. The number of carboxylic acids is 1. The summed E-state index contributed by atoms with van der Waals surface area (Å²) in [4.78, 5) is 23.0. The number of hydrogen-bond donors (Lipinski definition) is 1. The van der Waals surface area contributed by atoms with E-state index in [1.807, 2.05) is 0 Å². The summed E-state index contributed by atoms with van der Waals surface area (Å²) in [6.07, 6.45) is -4.84. The zero-order valence-electron chi connectivity index (χ0n) is 10.9. The molecule has 19 heavy (non-hydrogen) atoms. The van der Waals surface area contributed by atoms with Crippen LogP contribution in [0.3, 0.4) is 0 Å². The summed E-state index contributed by atoms with van der Waals surface area (Å²) in [5, 5.41) is 9.50. The number of alkyl halides is 4. The van der Waals surface area contributed by atoms with Gasteiger partial charge in [0.1, 0.15) is 6.04 Å². The molecule has 0 aliphatic carbocycles. The van der Waals surface area contributed by atoms with Gasteiger partial charge in [0, 0.05) is 11.9 Å². The van der Waals surface area contributed by atoms with Gasteiger partial charge in [0.05, 0.1) is 0 Å². The van der Waals surface area contributed by atoms with Crippen molar-refractivity contribution in [2.24, 2.45) is 5.41 Å². The Bertz CT molecular complexity index is 339. The summed E-state index contributed by atoms with van der Waals surface area (Å²) in [6, 6.07) is -1.53. The third kappa shape index (κ3) is 5.38. The molecule has 1 unspecified atom stereocenters. The normalized spacial score (nSPS) is 14.1. The molecule has 0 bridgehead atoms. The standard InChI is InChI=1S/C11H17BrF3NO3/c1-10(2,3)7(8(17)18)16(6-4-5-12)9(19)11(13,14)15/h7H,4-6H2,1-3H3,(H,17,18). The molecule has 8 heteroatoms. The molecule has 0 fully saturated rings. The van der Waals surface area contributed by atoms with Gasteiger partial charge in [0.2, 0.25) is 0 Å². The van der Waals surface area contributed by atoms with Crippen molar-refractivity contribution in [3.8, 4) is 0 Å². The van der Waals surface area contributed by atoms with Gasteiger partial charge in [-0.3, -0.25) is 4.79 Å². The van der Waals surface area contributed by atoms with Crippen LogP contribution in [0.1, 0.15) is 27.2 Å². The fourth-order valence-electron chi connectivity index (χ4n) is 1.71. The number of aliphatic carboxylic acids is 1. The zero-order chi connectivity index (χ0) is 15.4. The Balaban J connectivity index is 5.43. The van der Waals surface area contributed by atoms with E-state index in [2.05, 4.69) is 15.9 Å². The number of halogens is 4. The Morgan fingerprint density at radius 2 is 1.74 bits per heavy atom. The second-order valence-corrected chi connectivity index (χ2v) is 5.94. The monoisotopic (exact) mass is 347 g/mol. The number of rotatable bonds is 5. The molecule has 0 saturated carbocycles. The van der Waals surface area contributed by atoms with Crippen molar-refractivity contribution in [1.82, 2.24) is 4.90 Å². The maximum Gasteiger partial charge on any atom is 0.471 e. The first-order chi connectivity index (χ1) is 8.42. The summed E-state index contributed by atoms with van der Waals surface area (Å²) in [5.41, 5.74) is -1.00. The smallest absolute Gasteiger partial charge is 0.471 e. The van der Waals surface area contributed by atoms with Gasteiger partial charge in [-0.15, -0.1) is 0 Å². The van der Waals surface area contributed by atoms with Crippen molar-refractivity contribution in [2.75, 3.05) is 11.9 Å². The minimum Gasteiger partial charge on any atom is -0.480 e. The second kappa shape index (κ2) is 6.58. The molecule has 0 aromatic carbocycles. The van der Waals surface area contributed by atoms with Crippen molar-refractivity contribution in [3.63, 3.8) is 0 Å². The first kappa shape index (κ1) is 18.2. The topological polar surface area (TPSA) is 57.6 Å². The predicted octanol–water partition coefficient (Wildman–Crippen LogP) is 2.66. The maximum absolute atomic E-state index is 12.5. The lowest BCUT2D eigenvalue weighted by Gasteiger charge is -2.37. The Labute approximate surface area is 118 Å². The molecule has 0 aromatic rings. The van der Waals surface area contributed by atoms with Crippen molar-refractivity contribution < 1.29 is 27.9 Å². The molecule has 0 heterocycles. The van der Waals surface area contributed by atoms with Crippen LogP contribution in [0.4, 0.5) is 13.2 Å². The highest BCUT2D eigenvalue weighted by atomic mass is 79.9. The number of carboxylic acid groups (broad SMARTS) is 1. The summed E-state index contributed by atoms with van der Waals surface area (Å²) in [5.74, 6) is -3.56. The molecule has 1 N–H and O–H groups in total. The first-order valence-corrected chi connectivity index (χ1v) is 6.71. The van der Waals surface area contributed by atoms with Gasteiger partial charge in [-0.05, 0) is 11.8 Å². The van der Waals surface area contributed by atoms with Crippen molar-refractivity contribution >= 4 is 27.8 Å². The number of nitrogens with zero attached hydrogens (tertiary/aromatic N) is 1. The molecule has 1 atom stereocenters. The fraction of sp³-hybridized carbons (Fsp3) is 0.818. The molecule has 0 aliphatic heterocycles. The minimum absolute atomic E-state index is 0.238. The van der Waals surface area contributed by atoms with Crippen LogP contribution in [-0.2, 0) is 9.59 Å². The molecule has 1 amide bonds. The number of hydrogen-bond acceptors (Lipinski definition) is 2. The molecular weight excluding hydrogens is 331 g/mol. The van der Waals surface area contributed by atoms with Gasteiger partial charge in [-0.2, -0.15) is 13.2 Å². The molecule has 0 aromatic heterocycles. The number of carbonyl (C=O) groups is 2. The highest BCUT2D eigenvalue weighted by molar-refractivity contribution is 9.09. The maximum atomic E-state index is 12.5. The highest BCUT2D eigenvalue weighted by Gasteiger charge is 2.48. The lowest BCUT2D eigenvalue weighted by atomic mass is 9.85. The number of amides is 1. The van der Waals surface area contributed by atoms with Gasteiger partial charge < -0.3 is 10.0 Å². The van der Waals surface area contributed by atoms with Gasteiger partial charge in [0.15, 0.2) is 0 Å². The van der Waals surface area contributed by atoms with Crippen LogP contribution >= 0.6 is 15.9 Å². The zero-order valence-corrected chi connectivity index (χ0v) is 12.5. The predicted molar refractivity (Wildman–Crippen MR) is 67.1 cm³/mol. The van der Waals surface area contributed by atoms with Gasteiger partial charge in [-0.25, -0.2) is 4.79 Å². The van der Waals surface area contributed by atoms with E-state index in [9.17, 15) is 22.8 Å². The van der Waals surface area contributed by atoms with Gasteiger partial charge >= 0.3 is 18.1 Å². The third-order valence-corrected chi connectivity index (χ3v) is 2.96. The van der Waals surface area contributed by atoms with Crippen LogP contribution in [0.5, 0.6) is 0 Å². The van der Waals surface area contributed by atoms with Crippen LogP contribution < -0.4 is 0 Å². The minimum atomic E-state index is -5.08. The van der Waals surface area contributed by atoms with E-state index in [1.54, 1.807) is 0 Å². The van der Waals surface area contributed by atoms with E-state index in [4.69, 9.17) is 5.11 Å². The van der Waals surface area contributed by atoms with E-state index < -0.39 is 29.5 Å². The van der Waals surface area contributed by atoms with E-state index >= 15 is 0 Å². The number of carbonyl (C=O) groups excluding carboxylic acids is 1. The Morgan fingerprint density at radius 3 is 2.00 bits per heavy atom. The Kier molecular flexibility index (Phi) is 6.31. The molecule has 0 radical (unpaired) electrons. The van der Waals surface area contributed by atoms with Crippen LogP contribution in [0.2, 0.25) is 0 Å². The Hall–Kier alpha value is -0.790. The van der Waals surface area contributed by atoms with Crippen LogP contribution in [0.15, 0.2) is 0 Å². The van der Waals surface area contributed by atoms with Gasteiger partial charge in [0.25, 0.3) is 0 Å². The van der Waals surface area contributed by atoms with Crippen molar-refractivity contribution in [1.29, 1.82) is 0 Å². The summed E-state index contributed by atoms with van der Waals surface area (Å²) in [6.45, 7) is 4.18. The van der Waals surface area contributed by atoms with E-state index in [0.717, 1.165) is 0 Å². The molecule has 0 rings (SSSR count). The van der Waals surface area contributed by atoms with E-state index in [1.165, 1.54) is 20.8 Å². The SMILES string of the molecule is CC(C)(C)C(C(=O)O)N(CCCBr)C(=O)C(F)(F)F. The summed E-state index contributed by atoms with van der Waals surface area (Å²) >= 11 is 3.05. The molecule has 4 nitrogen and oxygen atoms in total. The summed E-state index contributed by atoms with van der Waals surface area (Å²) < 4.78 is 37.6. The van der Waals surface area contributed by atoms with Crippen molar-refractivity contribution in [2.45, 2.75) is 39.4 Å². The average Bonchev–Trinajstić information content (AvgIpc) is 2.18. The van der Waals surface area contributed by atoms with Gasteiger partial charge in [-0.1, -0.05) is 36.7 Å². The summed E-state index contributed by atoms with van der Waals surface area (Å²) in [7, 11) is 0. The third-order valence-electron chi connectivity index (χ3n) is 2.40. The first-order valence-electron chi connectivity index (χ1n) is 5.59. The second-order valence-electron chi connectivity index (χ2n) is 5.15. The largest absolute Gasteiger partial charge is 0.480 e. The lowest BCUT2D eigenvalue weighted by Crippen LogP contribution is -2.55. The molecule has 112 valence electrons. The average molecular weight is 348 g/mol. The van der Waals surface area contributed by atoms with E-state index in [-0.39, 0.29) is 13.0 Å². The fourth-order valence-corrected chi connectivity index (χ4v) is 1.96. The van der Waals surface area contributed by atoms with Crippen molar-refractivity contribution in [3.05, 3.63) is 0 Å². The molecule has 0 saturated heterocycles. The quantitative estimate of drug-likeness (QED) is 0.778. The van der Waals surface area contributed by atoms with Crippen LogP contribution in [0.25, 0.3) is 0 Å². The lowest BCUT2D eigenvalue weighted by molar-refractivity contribution is -0.192. The molecule has 0 spiro atoms. The van der Waals surface area contributed by atoms with Crippen LogP contribution in [0, 0.1) is 5.41 Å².